The van der Waals surface area contributed by atoms with Crippen LogP contribution in [0.25, 0.3) is 0 Å². The van der Waals surface area contributed by atoms with Crippen LogP contribution in [0.5, 0.6) is 0 Å². The minimum atomic E-state index is 0.0490. The Morgan fingerprint density at radius 1 is 1.55 bits per heavy atom. The van der Waals surface area contributed by atoms with Crippen molar-refractivity contribution in [1.29, 1.82) is 0 Å². The minimum absolute atomic E-state index is 0.0490. The summed E-state index contributed by atoms with van der Waals surface area (Å²) in [5.41, 5.74) is 0. The number of carbonyl (C=O) groups is 1. The molecule has 0 aromatic rings. The van der Waals surface area contributed by atoms with E-state index in [9.17, 15) is 4.79 Å². The summed E-state index contributed by atoms with van der Waals surface area (Å²) in [6.45, 7) is 4.65. The van der Waals surface area contributed by atoms with Gasteiger partial charge in [-0.3, -0.25) is 4.79 Å². The predicted octanol–water partition coefficient (Wildman–Crippen LogP) is 0.511. The van der Waals surface area contributed by atoms with Crippen LogP contribution in [-0.4, -0.2) is 25.5 Å². The van der Waals surface area contributed by atoms with Crippen molar-refractivity contribution in [2.24, 2.45) is 0 Å². The van der Waals surface area contributed by atoms with Gasteiger partial charge in [-0.05, 0) is 13.3 Å². The van der Waals surface area contributed by atoms with Crippen LogP contribution in [0.15, 0.2) is 0 Å². The normalized spacial score (nSPS) is 12.6. The number of likely N-dealkylation sites (N-methyl/N-ethyl adjacent to an activating group) is 1. The first kappa shape index (κ1) is 10.4. The van der Waals surface area contributed by atoms with Gasteiger partial charge in [-0.15, -0.1) is 0 Å². The standard InChI is InChI=1S/C8H18N2O/c1-4-5-7(2)10-6-8(11)9-3/h7,10H,4-6H2,1-3H3,(H,9,11). The molecule has 0 bridgehead atoms. The van der Waals surface area contributed by atoms with Gasteiger partial charge in [-0.25, -0.2) is 0 Å². The average molecular weight is 158 g/mol. The summed E-state index contributed by atoms with van der Waals surface area (Å²) in [5, 5.41) is 5.68. The molecule has 66 valence electrons. The Kier molecular flexibility index (Phi) is 5.84. The summed E-state index contributed by atoms with van der Waals surface area (Å²) in [7, 11) is 1.65. The van der Waals surface area contributed by atoms with Gasteiger partial charge in [0, 0.05) is 13.1 Å². The summed E-state index contributed by atoms with van der Waals surface area (Å²) in [6, 6.07) is 0.442. The molecule has 2 N–H and O–H groups in total. The highest BCUT2D eigenvalue weighted by Gasteiger charge is 2.01. The summed E-state index contributed by atoms with van der Waals surface area (Å²) in [4.78, 5) is 10.7. The lowest BCUT2D eigenvalue weighted by Gasteiger charge is -2.10. The van der Waals surface area contributed by atoms with Crippen LogP contribution in [0, 0.1) is 0 Å². The molecule has 0 saturated carbocycles. The van der Waals surface area contributed by atoms with Gasteiger partial charge in [0.2, 0.25) is 5.91 Å². The number of hydrogen-bond acceptors (Lipinski definition) is 2. The molecule has 0 aliphatic rings. The minimum Gasteiger partial charge on any atom is -0.358 e. The molecule has 0 saturated heterocycles. The Hall–Kier alpha value is -0.570. The molecule has 0 heterocycles. The molecule has 0 aromatic carbocycles. The average Bonchev–Trinajstić information content (AvgIpc) is 2.01. The fourth-order valence-electron chi connectivity index (χ4n) is 0.890. The van der Waals surface area contributed by atoms with Crippen molar-refractivity contribution in [3.63, 3.8) is 0 Å². The fourth-order valence-corrected chi connectivity index (χ4v) is 0.890. The Labute approximate surface area is 68.6 Å². The molecule has 0 rings (SSSR count). The molecule has 0 aliphatic carbocycles. The van der Waals surface area contributed by atoms with E-state index in [0.29, 0.717) is 12.6 Å². The third-order valence-corrected chi connectivity index (χ3v) is 1.61. The Morgan fingerprint density at radius 2 is 2.18 bits per heavy atom. The third-order valence-electron chi connectivity index (χ3n) is 1.61. The highest BCUT2D eigenvalue weighted by Crippen LogP contribution is 1.93. The van der Waals surface area contributed by atoms with Crippen molar-refractivity contribution in [2.75, 3.05) is 13.6 Å². The lowest BCUT2D eigenvalue weighted by molar-refractivity contribution is -0.119. The summed E-state index contributed by atoms with van der Waals surface area (Å²) >= 11 is 0. The molecule has 0 aromatic heterocycles. The maximum atomic E-state index is 10.7. The van der Waals surface area contributed by atoms with Gasteiger partial charge < -0.3 is 10.6 Å². The molecule has 3 nitrogen and oxygen atoms in total. The molecule has 0 spiro atoms. The first-order valence-electron chi connectivity index (χ1n) is 4.14. The number of carbonyl (C=O) groups excluding carboxylic acids is 1. The van der Waals surface area contributed by atoms with E-state index in [1.54, 1.807) is 7.05 Å². The highest BCUT2D eigenvalue weighted by molar-refractivity contribution is 5.77. The van der Waals surface area contributed by atoms with E-state index >= 15 is 0 Å². The highest BCUT2D eigenvalue weighted by atomic mass is 16.1. The zero-order chi connectivity index (χ0) is 8.69. The van der Waals surface area contributed by atoms with Crippen LogP contribution >= 0.6 is 0 Å². The number of amides is 1. The molecular formula is C8H18N2O. The van der Waals surface area contributed by atoms with Gasteiger partial charge in [0.25, 0.3) is 0 Å². The Bertz CT molecular complexity index is 115. The molecule has 1 unspecified atom stereocenters. The van der Waals surface area contributed by atoms with Crippen molar-refractivity contribution in [1.82, 2.24) is 10.6 Å². The molecule has 3 heteroatoms. The van der Waals surface area contributed by atoms with E-state index < -0.39 is 0 Å². The largest absolute Gasteiger partial charge is 0.358 e. The molecule has 0 radical (unpaired) electrons. The van der Waals surface area contributed by atoms with Crippen LogP contribution in [0.4, 0.5) is 0 Å². The lowest BCUT2D eigenvalue weighted by atomic mass is 10.2. The number of nitrogens with one attached hydrogen (secondary N) is 2. The van der Waals surface area contributed by atoms with Gasteiger partial charge in [0.15, 0.2) is 0 Å². The fraction of sp³-hybridized carbons (Fsp3) is 0.875. The maximum Gasteiger partial charge on any atom is 0.233 e. The van der Waals surface area contributed by atoms with Gasteiger partial charge in [-0.2, -0.15) is 0 Å². The van der Waals surface area contributed by atoms with E-state index in [4.69, 9.17) is 0 Å². The zero-order valence-corrected chi connectivity index (χ0v) is 7.61. The molecule has 0 fully saturated rings. The second kappa shape index (κ2) is 6.16. The van der Waals surface area contributed by atoms with Crippen molar-refractivity contribution >= 4 is 5.91 Å². The van der Waals surface area contributed by atoms with Gasteiger partial charge >= 0.3 is 0 Å². The van der Waals surface area contributed by atoms with Crippen LogP contribution in [-0.2, 0) is 4.79 Å². The van der Waals surface area contributed by atoms with Gasteiger partial charge in [0.1, 0.15) is 0 Å². The second-order valence-corrected chi connectivity index (χ2v) is 2.74. The van der Waals surface area contributed by atoms with Gasteiger partial charge in [-0.1, -0.05) is 13.3 Å². The van der Waals surface area contributed by atoms with E-state index in [0.717, 1.165) is 12.8 Å². The quantitative estimate of drug-likeness (QED) is 0.612. The van der Waals surface area contributed by atoms with Crippen LogP contribution < -0.4 is 10.6 Å². The first-order valence-corrected chi connectivity index (χ1v) is 4.14. The van der Waals surface area contributed by atoms with E-state index in [-0.39, 0.29) is 5.91 Å². The smallest absolute Gasteiger partial charge is 0.233 e. The Balaban J connectivity index is 3.29. The van der Waals surface area contributed by atoms with Crippen LogP contribution in [0.3, 0.4) is 0 Å². The summed E-state index contributed by atoms with van der Waals surface area (Å²) < 4.78 is 0. The summed E-state index contributed by atoms with van der Waals surface area (Å²) in [6.07, 6.45) is 2.28. The molecular weight excluding hydrogens is 140 g/mol. The van der Waals surface area contributed by atoms with Gasteiger partial charge in [0.05, 0.1) is 6.54 Å². The third kappa shape index (κ3) is 5.85. The maximum absolute atomic E-state index is 10.7. The monoisotopic (exact) mass is 158 g/mol. The van der Waals surface area contributed by atoms with Crippen molar-refractivity contribution < 1.29 is 4.79 Å². The van der Waals surface area contributed by atoms with Crippen molar-refractivity contribution in [3.8, 4) is 0 Å². The first-order chi connectivity index (χ1) is 5.20. The molecule has 11 heavy (non-hydrogen) atoms. The Morgan fingerprint density at radius 3 is 2.64 bits per heavy atom. The van der Waals surface area contributed by atoms with E-state index in [1.165, 1.54) is 0 Å². The topological polar surface area (TPSA) is 41.1 Å². The molecule has 0 aliphatic heterocycles. The van der Waals surface area contributed by atoms with E-state index in [2.05, 4.69) is 24.5 Å². The molecule has 1 amide bonds. The van der Waals surface area contributed by atoms with Crippen molar-refractivity contribution in [3.05, 3.63) is 0 Å². The number of rotatable bonds is 5. The summed E-state index contributed by atoms with van der Waals surface area (Å²) in [5.74, 6) is 0.0490. The SMILES string of the molecule is CCCC(C)NCC(=O)NC. The predicted molar refractivity (Wildman–Crippen MR) is 46.4 cm³/mol. The lowest BCUT2D eigenvalue weighted by Crippen LogP contribution is -2.36. The van der Waals surface area contributed by atoms with Crippen LogP contribution in [0.2, 0.25) is 0 Å². The molecule has 1 atom stereocenters. The number of hydrogen-bond donors (Lipinski definition) is 2. The zero-order valence-electron chi connectivity index (χ0n) is 7.61. The second-order valence-electron chi connectivity index (χ2n) is 2.74. The van der Waals surface area contributed by atoms with Crippen molar-refractivity contribution in [2.45, 2.75) is 32.7 Å². The van der Waals surface area contributed by atoms with E-state index in [1.807, 2.05) is 0 Å². The van der Waals surface area contributed by atoms with Crippen LogP contribution in [0.1, 0.15) is 26.7 Å².